The highest BCUT2D eigenvalue weighted by Crippen LogP contribution is 2.33. The van der Waals surface area contributed by atoms with Crippen molar-refractivity contribution in [2.45, 2.75) is 37.9 Å². The van der Waals surface area contributed by atoms with Gasteiger partial charge in [-0.1, -0.05) is 23.7 Å². The van der Waals surface area contributed by atoms with Crippen molar-refractivity contribution < 1.29 is 33.2 Å². The Labute approximate surface area is 132 Å². The molecule has 1 aromatic rings. The van der Waals surface area contributed by atoms with E-state index in [1.165, 1.54) is 0 Å². The van der Waals surface area contributed by atoms with Crippen LogP contribution in [-0.4, -0.2) is 24.7 Å². The lowest BCUT2D eigenvalue weighted by Crippen LogP contribution is -2.63. The molecule has 0 spiro atoms. The minimum atomic E-state index is -4.18. The molecular weight excluding hydrogens is 238 g/mol. The van der Waals surface area contributed by atoms with Gasteiger partial charge in [-0.3, -0.25) is 0 Å². The average Bonchev–Trinajstić information content (AvgIpc) is 2.65. The summed E-state index contributed by atoms with van der Waals surface area (Å²) < 4.78 is 148. The minimum Gasteiger partial charge on any atom is -0.361 e. The molecule has 3 nitrogen and oxygen atoms in total. The van der Waals surface area contributed by atoms with E-state index in [-0.39, 0.29) is 0 Å². The Morgan fingerprint density at radius 1 is 1.88 bits per heavy atom. The maximum absolute atomic E-state index is 8.72. The van der Waals surface area contributed by atoms with Crippen molar-refractivity contribution in [3.05, 3.63) is 34.8 Å². The van der Waals surface area contributed by atoms with Crippen molar-refractivity contribution in [1.82, 2.24) is 5.31 Å². The van der Waals surface area contributed by atoms with Crippen LogP contribution in [0.25, 0.3) is 0 Å². The predicted octanol–water partition coefficient (Wildman–Crippen LogP) is 2.27. The van der Waals surface area contributed by atoms with Crippen LogP contribution in [0, 0.1) is 0 Å². The van der Waals surface area contributed by atoms with Crippen LogP contribution in [0.2, 0.25) is 6.43 Å². The molecule has 1 aromatic carbocycles. The zero-order valence-corrected chi connectivity index (χ0v) is 8.90. The molecule has 2 N–H and O–H groups in total. The summed E-state index contributed by atoms with van der Waals surface area (Å²) in [5.41, 5.74) is -5.56. The van der Waals surface area contributed by atoms with Crippen molar-refractivity contribution >= 4 is 11.6 Å². The normalized spacial score (nSPS) is 58.4. The highest BCUT2D eigenvalue weighted by atomic mass is 35.5. The predicted molar refractivity (Wildman–Crippen MR) is 68.0 cm³/mol. The number of hydrogen-bond acceptors (Lipinski definition) is 3. The second-order valence-corrected chi connectivity index (χ2v) is 3.56. The fourth-order valence-electron chi connectivity index (χ4n) is 1.11. The van der Waals surface area contributed by atoms with Crippen LogP contribution >= 0.6 is 11.6 Å². The molecular formula is C13H18ClNO2. The van der Waals surface area contributed by atoms with E-state index in [0.29, 0.717) is 0 Å². The third kappa shape index (κ3) is 2.47. The van der Waals surface area contributed by atoms with Gasteiger partial charge in [-0.15, -0.1) is 0 Å². The van der Waals surface area contributed by atoms with Crippen molar-refractivity contribution in [3.63, 3.8) is 0 Å². The Morgan fingerprint density at radius 2 is 2.76 bits per heavy atom. The van der Waals surface area contributed by atoms with Gasteiger partial charge in [0.05, 0.1) is 22.2 Å². The number of morpholine rings is 1. The SMILES string of the molecule is [2H]O[C@@]1(c2c([2H])c([2H])c([2H])c(Cl)c2[2H])OC([2H])([2H])C(C([2H])([2H])[2H])(C([2H])([2H])[2H])N([2H])[C@@]1([2H])C([2H])([2H])[2H]. The molecule has 1 aliphatic heterocycles. The summed E-state index contributed by atoms with van der Waals surface area (Å²) in [6.07, 6.45) is 0. The number of hydrogen-bond donors (Lipinski definition) is 2. The fourth-order valence-corrected chi connectivity index (χ4v) is 1.25. The van der Waals surface area contributed by atoms with Crippen LogP contribution < -0.4 is 5.31 Å². The number of aliphatic hydroxyl groups is 1. The number of ether oxygens (including phenoxy) is 1. The summed E-state index contributed by atoms with van der Waals surface area (Å²) in [4.78, 5) is 0. The summed E-state index contributed by atoms with van der Waals surface area (Å²) in [5, 5.41) is 2.47. The van der Waals surface area contributed by atoms with Crippen molar-refractivity contribution in [1.29, 1.82) is 1.43 Å². The van der Waals surface area contributed by atoms with E-state index in [0.717, 1.165) is 0 Å². The highest BCUT2D eigenvalue weighted by molar-refractivity contribution is 6.30. The van der Waals surface area contributed by atoms with Gasteiger partial charge in [0.25, 0.3) is 0 Å². The summed E-state index contributed by atoms with van der Waals surface area (Å²) in [7, 11) is 0. The molecule has 2 atom stereocenters. The minimum absolute atomic E-state index is 0.907. The molecule has 2 rings (SSSR count). The third-order valence-electron chi connectivity index (χ3n) is 1.86. The van der Waals surface area contributed by atoms with E-state index in [4.69, 9.17) is 41.1 Å². The van der Waals surface area contributed by atoms with E-state index in [9.17, 15) is 0 Å². The molecule has 0 unspecified atom stereocenters. The standard InChI is InChI=1S/C13H18ClNO2/c1-9-13(16,17-8-12(2,3)15-9)10-5-4-6-11(14)7-10/h4-7,9,15-16H,8H2,1-3H3/t9-,13+/m0/s1/i1D3,2D3,3D3,4D,5D,6D,7D,8D2,9D,16D/hD. The van der Waals surface area contributed by atoms with Crippen LogP contribution in [0.3, 0.4) is 0 Å². The van der Waals surface area contributed by atoms with E-state index in [1.54, 1.807) is 0 Å². The molecule has 17 heavy (non-hydrogen) atoms. The lowest BCUT2D eigenvalue weighted by atomic mass is 9.93. The van der Waals surface area contributed by atoms with E-state index >= 15 is 0 Å². The molecule has 0 aliphatic carbocycles. The smallest absolute Gasteiger partial charge is 0.214 e. The molecule has 1 fully saturated rings. The molecule has 0 aromatic heterocycles. The van der Waals surface area contributed by atoms with Gasteiger partial charge in [0.2, 0.25) is 7.22 Å². The Balaban J connectivity index is 3.26. The first-order chi connectivity index (χ1) is 15.3. The molecule has 0 bridgehead atoms. The molecule has 1 heterocycles. The molecule has 4 heteroatoms. The first kappa shape index (κ1) is 3.10. The molecule has 1 saturated heterocycles. The molecule has 0 saturated carbocycles. The maximum atomic E-state index is 8.72. The van der Waals surface area contributed by atoms with Crippen LogP contribution in [0.4, 0.5) is 0 Å². The largest absolute Gasteiger partial charge is 0.361 e. The quantitative estimate of drug-likeness (QED) is 0.869. The van der Waals surface area contributed by atoms with Crippen LogP contribution in [0.5, 0.6) is 0 Å². The van der Waals surface area contributed by atoms with Crippen molar-refractivity contribution in [3.8, 4) is 0 Å². The number of halogens is 1. The first-order valence-electron chi connectivity index (χ1n) is 13.1. The van der Waals surface area contributed by atoms with Crippen LogP contribution in [0.15, 0.2) is 24.2 Å². The summed E-state index contributed by atoms with van der Waals surface area (Å²) in [6, 6.07) is -8.73. The second-order valence-electron chi connectivity index (χ2n) is 3.18. The van der Waals surface area contributed by atoms with Gasteiger partial charge >= 0.3 is 0 Å². The van der Waals surface area contributed by atoms with Gasteiger partial charge in [-0.2, -0.15) is 0 Å². The van der Waals surface area contributed by atoms with Gasteiger partial charge in [0.15, 0.2) is 0 Å². The zero-order valence-electron chi connectivity index (χ0n) is 26.1. The van der Waals surface area contributed by atoms with E-state index in [1.807, 2.05) is 0 Å². The Hall–Kier alpha value is -0.610. The fraction of sp³-hybridized carbons (Fsp3) is 0.538. The number of benzene rings is 1. The van der Waals surface area contributed by atoms with Gasteiger partial charge in [0.1, 0.15) is 1.41 Å². The number of rotatable bonds is 2. The summed E-state index contributed by atoms with van der Waals surface area (Å²) >= 11 is 5.83. The molecule has 0 amide bonds. The topological polar surface area (TPSA) is 41.5 Å². The lowest BCUT2D eigenvalue weighted by Gasteiger charge is -2.46. The van der Waals surface area contributed by atoms with Crippen molar-refractivity contribution in [2.75, 3.05) is 6.56 Å². The second kappa shape index (κ2) is 4.25. The lowest BCUT2D eigenvalue weighted by molar-refractivity contribution is -0.263. The number of nitrogens with one attached hydrogen (secondary N) is 1. The van der Waals surface area contributed by atoms with Gasteiger partial charge in [-0.05, 0) is 32.6 Å². The average molecular weight is 274 g/mol. The Kier molecular flexibility index (Phi) is 0.775. The van der Waals surface area contributed by atoms with Gasteiger partial charge in [0, 0.05) is 28.5 Å². The van der Waals surface area contributed by atoms with E-state index < -0.39 is 84.5 Å². The zero-order chi connectivity index (χ0) is 28.0. The highest BCUT2D eigenvalue weighted by Gasteiger charge is 2.44. The molecule has 1 aliphatic rings. The molecule has 94 valence electrons. The Morgan fingerprint density at radius 3 is 3.47 bits per heavy atom. The van der Waals surface area contributed by atoms with Gasteiger partial charge < -0.3 is 15.2 Å². The monoisotopic (exact) mass is 273 g/mol. The summed E-state index contributed by atoms with van der Waals surface area (Å²) in [6.45, 7) is -16.4. The van der Waals surface area contributed by atoms with E-state index in [2.05, 4.69) is 5.11 Å². The Bertz CT molecular complexity index is 977. The molecule has 0 radical (unpaired) electrons. The van der Waals surface area contributed by atoms with Crippen LogP contribution in [-0.2, 0) is 10.5 Å². The summed E-state index contributed by atoms with van der Waals surface area (Å²) in [5.74, 6) is -3.93. The maximum Gasteiger partial charge on any atom is 0.214 e. The van der Waals surface area contributed by atoms with Crippen molar-refractivity contribution in [2.24, 2.45) is 0 Å². The van der Waals surface area contributed by atoms with Gasteiger partial charge in [-0.25, -0.2) is 0 Å². The third-order valence-corrected chi connectivity index (χ3v) is 2.05. The first-order valence-corrected chi connectivity index (χ1v) is 4.63. The van der Waals surface area contributed by atoms with Crippen LogP contribution in [0.1, 0.15) is 48.1 Å².